The second-order valence-electron chi connectivity index (χ2n) is 4.35. The van der Waals surface area contributed by atoms with E-state index >= 15 is 0 Å². The number of ether oxygens (including phenoxy) is 1. The highest BCUT2D eigenvalue weighted by molar-refractivity contribution is 5.94. The number of carbonyl (C=O) groups is 1. The van der Waals surface area contributed by atoms with E-state index < -0.39 is 0 Å². The predicted octanol–water partition coefficient (Wildman–Crippen LogP) is 1.22. The normalized spacial score (nSPS) is 15.8. The number of amides is 1. The molecule has 1 saturated heterocycles. The maximum atomic E-state index is 12.1. The van der Waals surface area contributed by atoms with Gasteiger partial charge in [0.2, 0.25) is 0 Å². The van der Waals surface area contributed by atoms with Gasteiger partial charge >= 0.3 is 0 Å². The van der Waals surface area contributed by atoms with Gasteiger partial charge in [0.15, 0.2) is 0 Å². The monoisotopic (exact) mass is 234 g/mol. The van der Waals surface area contributed by atoms with Crippen molar-refractivity contribution in [2.75, 3.05) is 45.3 Å². The van der Waals surface area contributed by atoms with Crippen molar-refractivity contribution in [2.24, 2.45) is 0 Å². The summed E-state index contributed by atoms with van der Waals surface area (Å²) in [7, 11) is 3.97. The molecule has 0 spiro atoms. The van der Waals surface area contributed by atoms with Crippen LogP contribution in [0.1, 0.15) is 10.4 Å². The zero-order valence-electron chi connectivity index (χ0n) is 10.3. The number of rotatable bonds is 2. The van der Waals surface area contributed by atoms with Crippen LogP contribution in [0.15, 0.2) is 24.3 Å². The molecule has 2 rings (SSSR count). The van der Waals surface area contributed by atoms with Gasteiger partial charge in [0.25, 0.3) is 5.91 Å². The first-order chi connectivity index (χ1) is 8.18. The smallest absolute Gasteiger partial charge is 0.254 e. The molecule has 1 aromatic rings. The lowest BCUT2D eigenvalue weighted by Crippen LogP contribution is -2.40. The Hall–Kier alpha value is -1.55. The fraction of sp³-hybridized carbons (Fsp3) is 0.462. The summed E-state index contributed by atoms with van der Waals surface area (Å²) in [6.45, 7) is 2.66. The van der Waals surface area contributed by atoms with Crippen LogP contribution in [0.3, 0.4) is 0 Å². The topological polar surface area (TPSA) is 32.8 Å². The van der Waals surface area contributed by atoms with E-state index in [9.17, 15) is 4.79 Å². The Labute approximate surface area is 102 Å². The minimum atomic E-state index is 0.0959. The number of hydrogen-bond acceptors (Lipinski definition) is 3. The zero-order chi connectivity index (χ0) is 12.3. The highest BCUT2D eigenvalue weighted by Gasteiger charge is 2.18. The highest BCUT2D eigenvalue weighted by Crippen LogP contribution is 2.14. The van der Waals surface area contributed by atoms with Crippen LogP contribution in [0.5, 0.6) is 0 Å². The van der Waals surface area contributed by atoms with Crippen molar-refractivity contribution in [3.8, 4) is 0 Å². The average molecular weight is 234 g/mol. The second-order valence-corrected chi connectivity index (χ2v) is 4.35. The second kappa shape index (κ2) is 5.19. The minimum absolute atomic E-state index is 0.0959. The molecule has 17 heavy (non-hydrogen) atoms. The van der Waals surface area contributed by atoms with Gasteiger partial charge in [-0.05, 0) is 24.3 Å². The fourth-order valence-corrected chi connectivity index (χ4v) is 1.85. The van der Waals surface area contributed by atoms with Crippen LogP contribution in [0.2, 0.25) is 0 Å². The number of carbonyl (C=O) groups excluding carboxylic acids is 1. The average Bonchev–Trinajstić information content (AvgIpc) is 2.39. The van der Waals surface area contributed by atoms with E-state index in [2.05, 4.69) is 0 Å². The lowest BCUT2D eigenvalue weighted by molar-refractivity contribution is 0.0303. The molecule has 1 aliphatic heterocycles. The summed E-state index contributed by atoms with van der Waals surface area (Å²) in [6, 6.07) is 7.70. The van der Waals surface area contributed by atoms with Crippen molar-refractivity contribution in [3.63, 3.8) is 0 Å². The van der Waals surface area contributed by atoms with Crippen molar-refractivity contribution in [3.05, 3.63) is 29.8 Å². The fourth-order valence-electron chi connectivity index (χ4n) is 1.85. The Kier molecular flexibility index (Phi) is 3.64. The van der Waals surface area contributed by atoms with E-state index in [-0.39, 0.29) is 5.91 Å². The molecule has 92 valence electrons. The molecule has 0 N–H and O–H groups in total. The van der Waals surface area contributed by atoms with Crippen LogP contribution in [-0.2, 0) is 4.74 Å². The van der Waals surface area contributed by atoms with Gasteiger partial charge in [0.1, 0.15) is 0 Å². The van der Waals surface area contributed by atoms with Crippen molar-refractivity contribution in [1.29, 1.82) is 0 Å². The molecular formula is C13H18N2O2. The van der Waals surface area contributed by atoms with Gasteiger partial charge in [-0.3, -0.25) is 4.79 Å². The maximum absolute atomic E-state index is 12.1. The Morgan fingerprint density at radius 3 is 2.29 bits per heavy atom. The van der Waals surface area contributed by atoms with Gasteiger partial charge in [-0.1, -0.05) is 0 Å². The molecule has 0 atom stereocenters. The molecule has 0 aliphatic carbocycles. The summed E-state index contributed by atoms with van der Waals surface area (Å²) in [4.78, 5) is 16.0. The van der Waals surface area contributed by atoms with Gasteiger partial charge in [-0.15, -0.1) is 0 Å². The van der Waals surface area contributed by atoms with Crippen LogP contribution < -0.4 is 4.90 Å². The minimum Gasteiger partial charge on any atom is -0.378 e. The molecule has 0 saturated carbocycles. The molecule has 0 aromatic heterocycles. The van der Waals surface area contributed by atoms with Crippen molar-refractivity contribution >= 4 is 11.6 Å². The lowest BCUT2D eigenvalue weighted by atomic mass is 10.1. The molecule has 1 amide bonds. The van der Waals surface area contributed by atoms with Crippen molar-refractivity contribution < 1.29 is 9.53 Å². The number of morpholine rings is 1. The van der Waals surface area contributed by atoms with Crippen LogP contribution in [0.25, 0.3) is 0 Å². The van der Waals surface area contributed by atoms with Crippen LogP contribution in [0.4, 0.5) is 5.69 Å². The van der Waals surface area contributed by atoms with Crippen LogP contribution >= 0.6 is 0 Å². The molecule has 4 nitrogen and oxygen atoms in total. The van der Waals surface area contributed by atoms with E-state index in [1.807, 2.05) is 48.2 Å². The van der Waals surface area contributed by atoms with Crippen molar-refractivity contribution in [1.82, 2.24) is 4.90 Å². The third-order valence-electron chi connectivity index (χ3n) is 2.93. The number of nitrogens with zero attached hydrogens (tertiary/aromatic N) is 2. The highest BCUT2D eigenvalue weighted by atomic mass is 16.5. The Balaban J connectivity index is 2.08. The lowest BCUT2D eigenvalue weighted by Gasteiger charge is -2.27. The van der Waals surface area contributed by atoms with Gasteiger partial charge in [-0.25, -0.2) is 0 Å². The zero-order valence-corrected chi connectivity index (χ0v) is 10.3. The Bertz CT molecular complexity index is 381. The summed E-state index contributed by atoms with van der Waals surface area (Å²) >= 11 is 0. The third kappa shape index (κ3) is 2.77. The molecule has 1 heterocycles. The van der Waals surface area contributed by atoms with Gasteiger partial charge in [0, 0.05) is 38.4 Å². The van der Waals surface area contributed by atoms with E-state index in [1.165, 1.54) is 0 Å². The largest absolute Gasteiger partial charge is 0.378 e. The molecule has 4 heteroatoms. The Morgan fingerprint density at radius 2 is 1.76 bits per heavy atom. The quantitative estimate of drug-likeness (QED) is 0.771. The summed E-state index contributed by atoms with van der Waals surface area (Å²) in [5.41, 5.74) is 1.85. The third-order valence-corrected chi connectivity index (χ3v) is 2.93. The maximum Gasteiger partial charge on any atom is 0.254 e. The molecular weight excluding hydrogens is 216 g/mol. The van der Waals surface area contributed by atoms with Crippen LogP contribution in [-0.4, -0.2) is 51.2 Å². The molecule has 0 bridgehead atoms. The predicted molar refractivity (Wildman–Crippen MR) is 67.5 cm³/mol. The van der Waals surface area contributed by atoms with Gasteiger partial charge < -0.3 is 14.5 Å². The first kappa shape index (κ1) is 11.9. The summed E-state index contributed by atoms with van der Waals surface area (Å²) in [5.74, 6) is 0.0959. The number of hydrogen-bond donors (Lipinski definition) is 0. The van der Waals surface area contributed by atoms with Gasteiger partial charge in [-0.2, -0.15) is 0 Å². The van der Waals surface area contributed by atoms with E-state index in [0.717, 1.165) is 11.3 Å². The molecule has 0 radical (unpaired) electrons. The van der Waals surface area contributed by atoms with E-state index in [0.29, 0.717) is 26.3 Å². The molecule has 0 unspecified atom stereocenters. The standard InChI is InChI=1S/C13H18N2O2/c1-14(2)12-5-3-11(4-6-12)13(16)15-7-9-17-10-8-15/h3-6H,7-10H2,1-2H3. The summed E-state index contributed by atoms with van der Waals surface area (Å²) in [6.07, 6.45) is 0. The van der Waals surface area contributed by atoms with Crippen molar-refractivity contribution in [2.45, 2.75) is 0 Å². The van der Waals surface area contributed by atoms with E-state index in [1.54, 1.807) is 0 Å². The Morgan fingerprint density at radius 1 is 1.18 bits per heavy atom. The molecule has 1 fully saturated rings. The first-order valence-corrected chi connectivity index (χ1v) is 5.83. The molecule has 1 aliphatic rings. The molecule has 1 aromatic carbocycles. The summed E-state index contributed by atoms with van der Waals surface area (Å²) in [5, 5.41) is 0. The SMILES string of the molecule is CN(C)c1ccc(C(=O)N2CCOCC2)cc1. The number of benzene rings is 1. The van der Waals surface area contributed by atoms with Crippen LogP contribution in [0, 0.1) is 0 Å². The first-order valence-electron chi connectivity index (χ1n) is 5.83. The van der Waals surface area contributed by atoms with E-state index in [4.69, 9.17) is 4.74 Å². The summed E-state index contributed by atoms with van der Waals surface area (Å²) < 4.78 is 5.24. The van der Waals surface area contributed by atoms with Gasteiger partial charge in [0.05, 0.1) is 13.2 Å². The number of anilines is 1.